The van der Waals surface area contributed by atoms with Gasteiger partial charge in [0.2, 0.25) is 0 Å². The molecule has 2 heterocycles. The van der Waals surface area contributed by atoms with Crippen LogP contribution < -0.4 is 5.32 Å². The van der Waals surface area contributed by atoms with Crippen LogP contribution in [0.2, 0.25) is 0 Å². The van der Waals surface area contributed by atoms with E-state index < -0.39 is 0 Å². The molecule has 2 rings (SSSR count). The number of hydrogen-bond acceptors (Lipinski definition) is 4. The van der Waals surface area contributed by atoms with Crippen LogP contribution in [-0.2, 0) is 9.47 Å². The largest absolute Gasteiger partial charge is 0.378 e. The van der Waals surface area contributed by atoms with Gasteiger partial charge in [-0.2, -0.15) is 0 Å². The third-order valence-corrected chi connectivity index (χ3v) is 4.30. The summed E-state index contributed by atoms with van der Waals surface area (Å²) in [5.74, 6) is 0.774. The lowest BCUT2D eigenvalue weighted by Gasteiger charge is -2.31. The molecule has 4 nitrogen and oxygen atoms in total. The molecule has 2 saturated heterocycles. The van der Waals surface area contributed by atoms with Gasteiger partial charge in [0.25, 0.3) is 0 Å². The zero-order chi connectivity index (χ0) is 13.9. The second-order valence-corrected chi connectivity index (χ2v) is 7.21. The van der Waals surface area contributed by atoms with E-state index in [1.807, 2.05) is 7.11 Å². The molecule has 0 aliphatic carbocycles. The zero-order valence-electron chi connectivity index (χ0n) is 13.0. The number of hydrogen-bond donors (Lipinski definition) is 1. The molecule has 112 valence electrons. The van der Waals surface area contributed by atoms with Gasteiger partial charge in [-0.15, -0.1) is 0 Å². The Balaban J connectivity index is 1.75. The summed E-state index contributed by atoms with van der Waals surface area (Å²) in [5.41, 5.74) is 0.173. The molecule has 0 aromatic rings. The highest BCUT2D eigenvalue weighted by Crippen LogP contribution is 2.26. The molecule has 0 spiro atoms. The fourth-order valence-corrected chi connectivity index (χ4v) is 3.02. The molecule has 19 heavy (non-hydrogen) atoms. The van der Waals surface area contributed by atoms with Crippen LogP contribution in [0.4, 0.5) is 0 Å². The van der Waals surface area contributed by atoms with Crippen LogP contribution >= 0.6 is 0 Å². The van der Waals surface area contributed by atoms with Crippen molar-refractivity contribution in [2.45, 2.75) is 44.8 Å². The maximum absolute atomic E-state index is 5.73. The molecule has 0 aromatic carbocycles. The highest BCUT2D eigenvalue weighted by atomic mass is 16.5. The first kappa shape index (κ1) is 15.2. The van der Waals surface area contributed by atoms with Gasteiger partial charge in [-0.25, -0.2) is 0 Å². The van der Waals surface area contributed by atoms with Crippen LogP contribution in [-0.4, -0.2) is 62.5 Å². The third kappa shape index (κ3) is 4.42. The first-order valence-corrected chi connectivity index (χ1v) is 7.53. The van der Waals surface area contributed by atoms with Crippen molar-refractivity contribution in [1.29, 1.82) is 0 Å². The molecule has 0 amide bonds. The summed E-state index contributed by atoms with van der Waals surface area (Å²) in [6.07, 6.45) is 2.33. The molecule has 1 N–H and O–H groups in total. The van der Waals surface area contributed by atoms with E-state index in [2.05, 4.69) is 31.0 Å². The Morgan fingerprint density at radius 2 is 2.21 bits per heavy atom. The van der Waals surface area contributed by atoms with Gasteiger partial charge < -0.3 is 19.7 Å². The maximum Gasteiger partial charge on any atom is 0.106 e. The highest BCUT2D eigenvalue weighted by molar-refractivity contribution is 4.91. The smallest absolute Gasteiger partial charge is 0.106 e. The molecule has 4 heteroatoms. The van der Waals surface area contributed by atoms with Crippen molar-refractivity contribution in [1.82, 2.24) is 10.2 Å². The van der Waals surface area contributed by atoms with Crippen LogP contribution in [0.3, 0.4) is 0 Å². The number of rotatable bonds is 5. The lowest BCUT2D eigenvalue weighted by molar-refractivity contribution is -0.0375. The molecule has 2 aliphatic rings. The van der Waals surface area contributed by atoms with E-state index >= 15 is 0 Å². The average molecular weight is 270 g/mol. The van der Waals surface area contributed by atoms with E-state index in [4.69, 9.17) is 9.47 Å². The SMILES string of the molecule is COC1(CN2CCC(CNC(C)(C)C)C2)CCOC1. The summed E-state index contributed by atoms with van der Waals surface area (Å²) >= 11 is 0. The molecular weight excluding hydrogens is 240 g/mol. The minimum atomic E-state index is -0.0493. The summed E-state index contributed by atoms with van der Waals surface area (Å²) in [4.78, 5) is 2.55. The molecule has 2 unspecified atom stereocenters. The van der Waals surface area contributed by atoms with Crippen LogP contribution in [0.1, 0.15) is 33.6 Å². The van der Waals surface area contributed by atoms with Crippen LogP contribution in [0.25, 0.3) is 0 Å². The lowest BCUT2D eigenvalue weighted by Crippen LogP contribution is -2.45. The number of nitrogens with one attached hydrogen (secondary N) is 1. The van der Waals surface area contributed by atoms with Gasteiger partial charge in [-0.3, -0.25) is 0 Å². The van der Waals surface area contributed by atoms with Crippen molar-refractivity contribution in [3.8, 4) is 0 Å². The van der Waals surface area contributed by atoms with Gasteiger partial charge in [0.05, 0.1) is 6.61 Å². The molecule has 0 aromatic heterocycles. The first-order chi connectivity index (χ1) is 8.92. The standard InChI is InChI=1S/C15H30N2O2/c1-14(2,3)16-9-13-5-7-17(10-13)11-15(18-4)6-8-19-12-15/h13,16H,5-12H2,1-4H3. The molecule has 0 bridgehead atoms. The molecular formula is C15H30N2O2. The molecule has 0 saturated carbocycles. The Hall–Kier alpha value is -0.160. The van der Waals surface area contributed by atoms with Crippen molar-refractivity contribution in [3.63, 3.8) is 0 Å². The predicted octanol–water partition coefficient (Wildman–Crippen LogP) is 1.50. The molecule has 2 aliphatic heterocycles. The molecule has 2 fully saturated rings. The second kappa shape index (κ2) is 6.08. The quantitative estimate of drug-likeness (QED) is 0.821. The van der Waals surface area contributed by atoms with Gasteiger partial charge in [-0.05, 0) is 46.2 Å². The van der Waals surface area contributed by atoms with Gasteiger partial charge in [0, 0.05) is 38.8 Å². The minimum absolute atomic E-state index is 0.0493. The molecule has 0 radical (unpaired) electrons. The summed E-state index contributed by atoms with van der Waals surface area (Å²) in [7, 11) is 1.82. The van der Waals surface area contributed by atoms with E-state index in [0.717, 1.165) is 38.6 Å². The fourth-order valence-electron chi connectivity index (χ4n) is 3.02. The minimum Gasteiger partial charge on any atom is -0.378 e. The summed E-state index contributed by atoms with van der Waals surface area (Å²) in [6.45, 7) is 12.8. The van der Waals surface area contributed by atoms with Crippen LogP contribution in [0, 0.1) is 5.92 Å². The number of ether oxygens (including phenoxy) is 2. The second-order valence-electron chi connectivity index (χ2n) is 7.21. The maximum atomic E-state index is 5.73. The third-order valence-electron chi connectivity index (χ3n) is 4.30. The van der Waals surface area contributed by atoms with E-state index in [9.17, 15) is 0 Å². The number of methoxy groups -OCH3 is 1. The fraction of sp³-hybridized carbons (Fsp3) is 1.00. The van der Waals surface area contributed by atoms with Gasteiger partial charge in [-0.1, -0.05) is 0 Å². The van der Waals surface area contributed by atoms with Gasteiger partial charge in [0.1, 0.15) is 5.60 Å². The van der Waals surface area contributed by atoms with Crippen molar-refractivity contribution in [2.75, 3.05) is 46.5 Å². The monoisotopic (exact) mass is 270 g/mol. The Kier molecular flexibility index (Phi) is 4.88. The predicted molar refractivity (Wildman–Crippen MR) is 77.5 cm³/mol. The van der Waals surface area contributed by atoms with E-state index in [0.29, 0.717) is 0 Å². The van der Waals surface area contributed by atoms with Gasteiger partial charge >= 0.3 is 0 Å². The number of nitrogens with zero attached hydrogens (tertiary/aromatic N) is 1. The summed E-state index contributed by atoms with van der Waals surface area (Å²) in [6, 6.07) is 0. The van der Waals surface area contributed by atoms with Crippen molar-refractivity contribution in [2.24, 2.45) is 5.92 Å². The average Bonchev–Trinajstić information content (AvgIpc) is 2.96. The zero-order valence-corrected chi connectivity index (χ0v) is 13.0. The lowest BCUT2D eigenvalue weighted by atomic mass is 10.0. The van der Waals surface area contributed by atoms with Crippen LogP contribution in [0.5, 0.6) is 0 Å². The van der Waals surface area contributed by atoms with Crippen molar-refractivity contribution < 1.29 is 9.47 Å². The van der Waals surface area contributed by atoms with Gasteiger partial charge in [0.15, 0.2) is 0 Å². The van der Waals surface area contributed by atoms with E-state index in [1.54, 1.807) is 0 Å². The van der Waals surface area contributed by atoms with Crippen molar-refractivity contribution >= 4 is 0 Å². The van der Waals surface area contributed by atoms with E-state index in [-0.39, 0.29) is 11.1 Å². The van der Waals surface area contributed by atoms with Crippen LogP contribution in [0.15, 0.2) is 0 Å². The Labute approximate surface area is 117 Å². The molecule has 2 atom stereocenters. The highest BCUT2D eigenvalue weighted by Gasteiger charge is 2.38. The Morgan fingerprint density at radius 3 is 2.79 bits per heavy atom. The Morgan fingerprint density at radius 1 is 1.42 bits per heavy atom. The van der Waals surface area contributed by atoms with Crippen molar-refractivity contribution in [3.05, 3.63) is 0 Å². The summed E-state index contributed by atoms with van der Waals surface area (Å²) < 4.78 is 11.2. The topological polar surface area (TPSA) is 33.7 Å². The number of likely N-dealkylation sites (tertiary alicyclic amines) is 1. The normalized spacial score (nSPS) is 33.2. The van der Waals surface area contributed by atoms with E-state index in [1.165, 1.54) is 19.5 Å². The first-order valence-electron chi connectivity index (χ1n) is 7.53. The summed E-state index contributed by atoms with van der Waals surface area (Å²) in [5, 5.41) is 3.62. The Bertz CT molecular complexity index is 282.